The van der Waals surface area contributed by atoms with Gasteiger partial charge in [-0.1, -0.05) is 23.7 Å². The van der Waals surface area contributed by atoms with Gasteiger partial charge in [0.15, 0.2) is 0 Å². The Kier molecular flexibility index (Phi) is 3.24. The monoisotopic (exact) mass is 250 g/mol. The zero-order valence-electron chi connectivity index (χ0n) is 9.48. The molecular formula is C12H11ClN2O2. The summed E-state index contributed by atoms with van der Waals surface area (Å²) in [6.45, 7) is 1.77. The zero-order valence-corrected chi connectivity index (χ0v) is 10.2. The highest BCUT2D eigenvalue weighted by Crippen LogP contribution is 2.24. The van der Waals surface area contributed by atoms with Crippen LogP contribution >= 0.6 is 11.6 Å². The summed E-state index contributed by atoms with van der Waals surface area (Å²) >= 11 is 5.82. The molecule has 0 radical (unpaired) electrons. The molecule has 0 amide bonds. The van der Waals surface area contributed by atoms with Gasteiger partial charge in [0, 0.05) is 0 Å². The lowest BCUT2D eigenvalue weighted by molar-refractivity contribution is -0.141. The van der Waals surface area contributed by atoms with Crippen LogP contribution < -0.4 is 0 Å². The summed E-state index contributed by atoms with van der Waals surface area (Å²) in [5.74, 6) is -0.698. The summed E-state index contributed by atoms with van der Waals surface area (Å²) in [6.07, 6.45) is 1.48. The highest BCUT2D eigenvalue weighted by Gasteiger charge is 2.19. The fourth-order valence-electron chi connectivity index (χ4n) is 1.69. The Balaban J connectivity index is 2.60. The minimum atomic E-state index is -0.392. The van der Waals surface area contributed by atoms with Crippen LogP contribution in [-0.2, 0) is 9.53 Å². The number of aromatic nitrogens is 2. The topological polar surface area (TPSA) is 52.1 Å². The van der Waals surface area contributed by atoms with Crippen molar-refractivity contribution in [3.8, 4) is 0 Å². The molecule has 0 spiro atoms. The molecule has 1 aromatic heterocycles. The predicted molar refractivity (Wildman–Crippen MR) is 65.0 cm³/mol. The van der Waals surface area contributed by atoms with E-state index in [1.54, 1.807) is 6.92 Å². The third kappa shape index (κ3) is 2.22. The molecule has 0 N–H and O–H groups in total. The van der Waals surface area contributed by atoms with Crippen molar-refractivity contribution in [1.82, 2.24) is 9.97 Å². The van der Waals surface area contributed by atoms with Crippen molar-refractivity contribution in [2.75, 3.05) is 7.11 Å². The standard InChI is InChI=1S/C12H11ClN2O2/c1-7(12(16)17-2)8-4-3-5-9-11(8)15-10(13)6-14-9/h3-7H,1-2H3/t7-/m0/s1. The smallest absolute Gasteiger partial charge is 0.312 e. The molecule has 1 aromatic carbocycles. The van der Waals surface area contributed by atoms with E-state index in [2.05, 4.69) is 9.97 Å². The average molecular weight is 251 g/mol. The molecule has 1 heterocycles. The van der Waals surface area contributed by atoms with Crippen LogP contribution in [0.15, 0.2) is 24.4 Å². The van der Waals surface area contributed by atoms with E-state index in [4.69, 9.17) is 16.3 Å². The van der Waals surface area contributed by atoms with Gasteiger partial charge in [0.2, 0.25) is 0 Å². The number of methoxy groups -OCH3 is 1. The van der Waals surface area contributed by atoms with Gasteiger partial charge in [-0.25, -0.2) is 4.98 Å². The number of carbonyl (C=O) groups excluding carboxylic acids is 1. The molecule has 88 valence electrons. The Morgan fingerprint density at radius 2 is 2.24 bits per heavy atom. The molecule has 2 aromatic rings. The number of benzene rings is 1. The molecule has 0 aliphatic rings. The van der Waals surface area contributed by atoms with Crippen LogP contribution in [-0.4, -0.2) is 23.0 Å². The van der Waals surface area contributed by atoms with Crippen molar-refractivity contribution in [3.05, 3.63) is 35.1 Å². The van der Waals surface area contributed by atoms with Crippen molar-refractivity contribution in [2.45, 2.75) is 12.8 Å². The van der Waals surface area contributed by atoms with Gasteiger partial charge >= 0.3 is 5.97 Å². The summed E-state index contributed by atoms with van der Waals surface area (Å²) in [5, 5.41) is 0.307. The van der Waals surface area contributed by atoms with E-state index in [0.29, 0.717) is 16.2 Å². The lowest BCUT2D eigenvalue weighted by Crippen LogP contribution is -2.11. The van der Waals surface area contributed by atoms with E-state index in [1.165, 1.54) is 13.3 Å². The van der Waals surface area contributed by atoms with Crippen LogP contribution in [0, 0.1) is 0 Å². The molecule has 0 saturated heterocycles. The van der Waals surface area contributed by atoms with Crippen LogP contribution in [0.5, 0.6) is 0 Å². The van der Waals surface area contributed by atoms with Crippen LogP contribution in [0.2, 0.25) is 5.15 Å². The maximum Gasteiger partial charge on any atom is 0.312 e. The lowest BCUT2D eigenvalue weighted by atomic mass is 9.99. The van der Waals surface area contributed by atoms with Gasteiger partial charge in [-0.15, -0.1) is 0 Å². The first-order valence-electron chi connectivity index (χ1n) is 5.12. The van der Waals surface area contributed by atoms with E-state index in [0.717, 1.165) is 5.56 Å². The second-order valence-corrected chi connectivity index (χ2v) is 4.04. The molecule has 5 heteroatoms. The summed E-state index contributed by atoms with van der Waals surface area (Å²) in [6, 6.07) is 5.49. The number of esters is 1. The van der Waals surface area contributed by atoms with Crippen molar-refractivity contribution in [1.29, 1.82) is 0 Å². The van der Waals surface area contributed by atoms with Gasteiger partial charge in [0.25, 0.3) is 0 Å². The summed E-state index contributed by atoms with van der Waals surface area (Å²) in [5.41, 5.74) is 2.12. The number of ether oxygens (including phenoxy) is 1. The zero-order chi connectivity index (χ0) is 12.4. The third-order valence-electron chi connectivity index (χ3n) is 2.60. The molecule has 1 atom stereocenters. The number of fused-ring (bicyclic) bond motifs is 1. The Labute approximate surface area is 104 Å². The van der Waals surface area contributed by atoms with Crippen LogP contribution in [0.4, 0.5) is 0 Å². The normalized spacial score (nSPS) is 12.4. The number of para-hydroxylation sites is 1. The van der Waals surface area contributed by atoms with Crippen molar-refractivity contribution < 1.29 is 9.53 Å². The molecular weight excluding hydrogens is 240 g/mol. The van der Waals surface area contributed by atoms with Crippen molar-refractivity contribution >= 4 is 28.6 Å². The third-order valence-corrected chi connectivity index (χ3v) is 2.78. The Morgan fingerprint density at radius 1 is 1.47 bits per heavy atom. The van der Waals surface area contributed by atoms with Gasteiger partial charge in [-0.05, 0) is 18.6 Å². The molecule has 0 bridgehead atoms. The summed E-state index contributed by atoms with van der Waals surface area (Å²) in [7, 11) is 1.36. The van der Waals surface area contributed by atoms with Gasteiger partial charge in [0.1, 0.15) is 5.15 Å². The fraction of sp³-hybridized carbons (Fsp3) is 0.250. The fourth-order valence-corrected chi connectivity index (χ4v) is 1.82. The largest absolute Gasteiger partial charge is 0.469 e. The van der Waals surface area contributed by atoms with Crippen LogP contribution in [0.3, 0.4) is 0 Å². The van der Waals surface area contributed by atoms with Gasteiger partial charge < -0.3 is 4.74 Å². The summed E-state index contributed by atoms with van der Waals surface area (Å²) < 4.78 is 4.73. The van der Waals surface area contributed by atoms with Crippen LogP contribution in [0.1, 0.15) is 18.4 Å². The highest BCUT2D eigenvalue weighted by atomic mass is 35.5. The number of nitrogens with zero attached hydrogens (tertiary/aromatic N) is 2. The van der Waals surface area contributed by atoms with E-state index in [1.807, 2.05) is 18.2 Å². The number of rotatable bonds is 2. The first-order chi connectivity index (χ1) is 8.13. The Hall–Kier alpha value is -1.68. The molecule has 17 heavy (non-hydrogen) atoms. The molecule has 4 nitrogen and oxygen atoms in total. The lowest BCUT2D eigenvalue weighted by Gasteiger charge is -2.11. The molecule has 0 unspecified atom stereocenters. The molecule has 0 aliphatic heterocycles. The number of carbonyl (C=O) groups is 1. The molecule has 0 saturated carbocycles. The minimum Gasteiger partial charge on any atom is -0.469 e. The Morgan fingerprint density at radius 3 is 2.94 bits per heavy atom. The molecule has 2 rings (SSSR count). The van der Waals surface area contributed by atoms with E-state index >= 15 is 0 Å². The second-order valence-electron chi connectivity index (χ2n) is 3.65. The first-order valence-corrected chi connectivity index (χ1v) is 5.50. The first kappa shape index (κ1) is 11.8. The van der Waals surface area contributed by atoms with Gasteiger partial charge in [0.05, 0.1) is 30.3 Å². The predicted octanol–water partition coefficient (Wildman–Crippen LogP) is 2.56. The Bertz CT molecular complexity index is 571. The van der Waals surface area contributed by atoms with E-state index in [-0.39, 0.29) is 5.97 Å². The van der Waals surface area contributed by atoms with E-state index in [9.17, 15) is 4.79 Å². The van der Waals surface area contributed by atoms with E-state index < -0.39 is 5.92 Å². The van der Waals surface area contributed by atoms with Gasteiger partial charge in [-0.3, -0.25) is 9.78 Å². The maximum absolute atomic E-state index is 11.5. The highest BCUT2D eigenvalue weighted by molar-refractivity contribution is 6.29. The van der Waals surface area contributed by atoms with Crippen molar-refractivity contribution in [3.63, 3.8) is 0 Å². The molecule has 0 aliphatic carbocycles. The maximum atomic E-state index is 11.5. The van der Waals surface area contributed by atoms with Crippen molar-refractivity contribution in [2.24, 2.45) is 0 Å². The number of halogens is 1. The number of hydrogen-bond donors (Lipinski definition) is 0. The van der Waals surface area contributed by atoms with Gasteiger partial charge in [-0.2, -0.15) is 0 Å². The summed E-state index contributed by atoms with van der Waals surface area (Å²) in [4.78, 5) is 19.9. The minimum absolute atomic E-state index is 0.306. The average Bonchev–Trinajstić information content (AvgIpc) is 2.36. The second kappa shape index (κ2) is 4.67. The number of hydrogen-bond acceptors (Lipinski definition) is 4. The quantitative estimate of drug-likeness (QED) is 0.769. The van der Waals surface area contributed by atoms with Crippen LogP contribution in [0.25, 0.3) is 11.0 Å². The molecule has 0 fully saturated rings. The SMILES string of the molecule is COC(=O)[C@@H](C)c1cccc2ncc(Cl)nc12.